The van der Waals surface area contributed by atoms with Gasteiger partial charge in [0.1, 0.15) is 17.5 Å². The van der Waals surface area contributed by atoms with Crippen molar-refractivity contribution < 1.29 is 0 Å². The normalized spacial score (nSPS) is 11.5. The Morgan fingerprint density at radius 2 is 2.11 bits per heavy atom. The van der Waals surface area contributed by atoms with E-state index in [0.29, 0.717) is 29.6 Å². The second-order valence-electron chi connectivity index (χ2n) is 4.59. The Morgan fingerprint density at radius 1 is 1.26 bits per heavy atom. The fraction of sp³-hybridized carbons (Fsp3) is 0.364. The first-order chi connectivity index (χ1) is 9.15. The number of nitrogen functional groups attached to an aromatic ring is 1. The Labute approximate surface area is 109 Å². The third-order valence-electron chi connectivity index (χ3n) is 2.85. The fourth-order valence-electron chi connectivity index (χ4n) is 1.83. The van der Waals surface area contributed by atoms with E-state index in [1.54, 1.807) is 6.33 Å². The number of hydrogen-bond acceptors (Lipinski definition) is 6. The smallest absolute Gasteiger partial charge is 0.165 e. The standard InChI is InChI=1S/C11H14N8/c1-7(2)19-4-8(16-17-19)3-18-6-15-9-10(12)13-5-14-11(9)18/h4-7H,3H2,1-2H3,(H2,12,13,14). The summed E-state index contributed by atoms with van der Waals surface area (Å²) in [6, 6.07) is 0.291. The maximum Gasteiger partial charge on any atom is 0.165 e. The molecule has 3 heterocycles. The van der Waals surface area contributed by atoms with Gasteiger partial charge in [-0.15, -0.1) is 5.10 Å². The van der Waals surface area contributed by atoms with Gasteiger partial charge in [-0.25, -0.2) is 19.6 Å². The van der Waals surface area contributed by atoms with Crippen molar-refractivity contribution in [3.63, 3.8) is 0 Å². The molecule has 0 radical (unpaired) electrons. The molecule has 0 aromatic carbocycles. The van der Waals surface area contributed by atoms with E-state index in [1.165, 1.54) is 6.33 Å². The molecule has 0 aliphatic heterocycles. The second kappa shape index (κ2) is 4.30. The number of aromatic nitrogens is 7. The maximum absolute atomic E-state index is 5.75. The molecule has 3 aromatic rings. The van der Waals surface area contributed by atoms with Gasteiger partial charge in [0, 0.05) is 6.04 Å². The zero-order valence-corrected chi connectivity index (χ0v) is 10.7. The molecule has 0 saturated heterocycles. The van der Waals surface area contributed by atoms with E-state index >= 15 is 0 Å². The summed E-state index contributed by atoms with van der Waals surface area (Å²) in [5, 5.41) is 8.20. The highest BCUT2D eigenvalue weighted by Crippen LogP contribution is 2.15. The lowest BCUT2D eigenvalue weighted by atomic mass is 10.4. The molecule has 0 aliphatic carbocycles. The number of rotatable bonds is 3. The molecule has 0 unspecified atom stereocenters. The van der Waals surface area contributed by atoms with Crippen molar-refractivity contribution in [3.05, 3.63) is 24.5 Å². The van der Waals surface area contributed by atoms with Crippen LogP contribution in [0.3, 0.4) is 0 Å². The fourth-order valence-corrected chi connectivity index (χ4v) is 1.83. The minimum Gasteiger partial charge on any atom is -0.382 e. The van der Waals surface area contributed by atoms with Crippen molar-refractivity contribution in [2.75, 3.05) is 5.73 Å². The van der Waals surface area contributed by atoms with Crippen LogP contribution in [0.15, 0.2) is 18.9 Å². The number of imidazole rings is 1. The Balaban J connectivity index is 1.94. The van der Waals surface area contributed by atoms with E-state index < -0.39 is 0 Å². The monoisotopic (exact) mass is 258 g/mol. The molecule has 0 spiro atoms. The quantitative estimate of drug-likeness (QED) is 0.739. The van der Waals surface area contributed by atoms with Gasteiger partial charge in [-0.3, -0.25) is 0 Å². The highest BCUT2D eigenvalue weighted by molar-refractivity contribution is 5.81. The Hall–Kier alpha value is -2.51. The van der Waals surface area contributed by atoms with E-state index in [2.05, 4.69) is 39.1 Å². The molecule has 19 heavy (non-hydrogen) atoms. The molecule has 0 aliphatic rings. The van der Waals surface area contributed by atoms with Gasteiger partial charge in [-0.1, -0.05) is 5.21 Å². The van der Waals surface area contributed by atoms with Crippen LogP contribution >= 0.6 is 0 Å². The van der Waals surface area contributed by atoms with Crippen LogP contribution in [0.1, 0.15) is 25.6 Å². The lowest BCUT2D eigenvalue weighted by Gasteiger charge is -2.02. The van der Waals surface area contributed by atoms with Crippen LogP contribution in [-0.2, 0) is 6.54 Å². The molecular formula is C11H14N8. The van der Waals surface area contributed by atoms with Crippen LogP contribution in [0.5, 0.6) is 0 Å². The average molecular weight is 258 g/mol. The first-order valence-electron chi connectivity index (χ1n) is 5.97. The van der Waals surface area contributed by atoms with Gasteiger partial charge in [0.25, 0.3) is 0 Å². The van der Waals surface area contributed by atoms with Crippen molar-refractivity contribution in [2.24, 2.45) is 0 Å². The zero-order chi connectivity index (χ0) is 13.4. The van der Waals surface area contributed by atoms with Gasteiger partial charge in [0.15, 0.2) is 11.5 Å². The molecular weight excluding hydrogens is 244 g/mol. The van der Waals surface area contributed by atoms with E-state index in [4.69, 9.17) is 5.73 Å². The van der Waals surface area contributed by atoms with Gasteiger partial charge in [-0.05, 0) is 13.8 Å². The van der Waals surface area contributed by atoms with Crippen molar-refractivity contribution in [1.29, 1.82) is 0 Å². The lowest BCUT2D eigenvalue weighted by molar-refractivity contribution is 0.514. The molecule has 0 amide bonds. The minimum absolute atomic E-state index is 0.291. The van der Waals surface area contributed by atoms with E-state index in [0.717, 1.165) is 5.69 Å². The Morgan fingerprint density at radius 3 is 2.84 bits per heavy atom. The number of hydrogen-bond donors (Lipinski definition) is 1. The van der Waals surface area contributed by atoms with Crippen LogP contribution in [0.25, 0.3) is 11.2 Å². The summed E-state index contributed by atoms with van der Waals surface area (Å²) < 4.78 is 3.69. The SMILES string of the molecule is CC(C)n1cc(Cn2cnc3c(N)ncnc32)nn1. The largest absolute Gasteiger partial charge is 0.382 e. The van der Waals surface area contributed by atoms with Crippen LogP contribution in [0.4, 0.5) is 5.82 Å². The minimum atomic E-state index is 0.291. The summed E-state index contributed by atoms with van der Waals surface area (Å²) in [6.45, 7) is 4.66. The van der Waals surface area contributed by atoms with Gasteiger partial charge in [-0.2, -0.15) is 0 Å². The zero-order valence-electron chi connectivity index (χ0n) is 10.7. The summed E-state index contributed by atoms with van der Waals surface area (Å²) in [7, 11) is 0. The molecule has 8 nitrogen and oxygen atoms in total. The van der Waals surface area contributed by atoms with Crippen LogP contribution < -0.4 is 5.73 Å². The summed E-state index contributed by atoms with van der Waals surface area (Å²) >= 11 is 0. The van der Waals surface area contributed by atoms with E-state index in [-0.39, 0.29) is 0 Å². The molecule has 0 fully saturated rings. The highest BCUT2D eigenvalue weighted by atomic mass is 15.4. The molecule has 2 N–H and O–H groups in total. The van der Waals surface area contributed by atoms with Gasteiger partial charge < -0.3 is 10.3 Å². The maximum atomic E-state index is 5.75. The van der Waals surface area contributed by atoms with Crippen LogP contribution in [0, 0.1) is 0 Å². The first-order valence-corrected chi connectivity index (χ1v) is 5.97. The number of anilines is 1. The lowest BCUT2D eigenvalue weighted by Crippen LogP contribution is -2.01. The Kier molecular flexibility index (Phi) is 2.62. The van der Waals surface area contributed by atoms with Crippen molar-refractivity contribution >= 4 is 17.0 Å². The predicted molar refractivity (Wildman–Crippen MR) is 69.2 cm³/mol. The molecule has 0 bridgehead atoms. The summed E-state index contributed by atoms with van der Waals surface area (Å²) in [4.78, 5) is 12.3. The molecule has 0 saturated carbocycles. The molecule has 0 atom stereocenters. The molecule has 3 aromatic heterocycles. The molecule has 3 rings (SSSR count). The number of nitrogens with zero attached hydrogens (tertiary/aromatic N) is 7. The second-order valence-corrected chi connectivity index (χ2v) is 4.59. The van der Waals surface area contributed by atoms with E-state index in [1.807, 2.05) is 15.4 Å². The third-order valence-corrected chi connectivity index (χ3v) is 2.85. The van der Waals surface area contributed by atoms with E-state index in [9.17, 15) is 0 Å². The summed E-state index contributed by atoms with van der Waals surface area (Å²) in [5.41, 5.74) is 7.91. The van der Waals surface area contributed by atoms with Gasteiger partial charge in [0.05, 0.1) is 19.1 Å². The van der Waals surface area contributed by atoms with Crippen LogP contribution in [0.2, 0.25) is 0 Å². The van der Waals surface area contributed by atoms with Crippen molar-refractivity contribution in [2.45, 2.75) is 26.4 Å². The Bertz CT molecular complexity index is 710. The highest BCUT2D eigenvalue weighted by Gasteiger charge is 2.10. The van der Waals surface area contributed by atoms with Gasteiger partial charge in [0.2, 0.25) is 0 Å². The molecule has 8 heteroatoms. The third kappa shape index (κ3) is 2.01. The van der Waals surface area contributed by atoms with Crippen LogP contribution in [-0.4, -0.2) is 34.5 Å². The number of nitrogens with two attached hydrogens (primary N) is 1. The van der Waals surface area contributed by atoms with Crippen molar-refractivity contribution in [3.8, 4) is 0 Å². The summed E-state index contributed by atoms with van der Waals surface area (Å²) in [6.07, 6.45) is 5.03. The topological polar surface area (TPSA) is 100 Å². The number of fused-ring (bicyclic) bond motifs is 1. The molecule has 98 valence electrons. The predicted octanol–water partition coefficient (Wildman–Crippen LogP) is 0.629. The van der Waals surface area contributed by atoms with Gasteiger partial charge >= 0.3 is 0 Å². The van der Waals surface area contributed by atoms with Crippen molar-refractivity contribution in [1.82, 2.24) is 34.5 Å². The first kappa shape index (κ1) is 11.6. The summed E-state index contributed by atoms with van der Waals surface area (Å²) in [5.74, 6) is 0.384. The average Bonchev–Trinajstić information content (AvgIpc) is 2.98.